The van der Waals surface area contributed by atoms with Gasteiger partial charge in [0.15, 0.2) is 17.3 Å². The third-order valence-electron chi connectivity index (χ3n) is 2.05. The van der Waals surface area contributed by atoms with Crippen LogP contribution in [0, 0.1) is 11.7 Å². The Kier molecular flexibility index (Phi) is 3.83. The van der Waals surface area contributed by atoms with Crippen LogP contribution in [-0.4, -0.2) is 12.4 Å². The van der Waals surface area contributed by atoms with E-state index in [9.17, 15) is 9.18 Å². The van der Waals surface area contributed by atoms with E-state index in [4.69, 9.17) is 4.74 Å². The molecule has 0 spiro atoms. The lowest BCUT2D eigenvalue weighted by Gasteiger charge is -2.09. The summed E-state index contributed by atoms with van der Waals surface area (Å²) < 4.78 is 18.8. The Morgan fingerprint density at radius 1 is 1.47 bits per heavy atom. The van der Waals surface area contributed by atoms with E-state index in [1.807, 2.05) is 0 Å². The third kappa shape index (κ3) is 2.55. The molecule has 82 valence electrons. The van der Waals surface area contributed by atoms with Crippen LogP contribution < -0.4 is 4.74 Å². The van der Waals surface area contributed by atoms with Crippen LogP contribution in [0.2, 0.25) is 0 Å². The molecule has 0 atom stereocenters. The molecule has 0 amide bonds. The molecule has 0 fully saturated rings. The summed E-state index contributed by atoms with van der Waals surface area (Å²) in [6, 6.07) is 4.64. The lowest BCUT2D eigenvalue weighted by Crippen LogP contribution is -2.10. The molecule has 1 aromatic rings. The molecule has 3 heteroatoms. The van der Waals surface area contributed by atoms with Crippen LogP contribution in [0.25, 0.3) is 0 Å². The molecule has 1 aromatic carbocycles. The van der Waals surface area contributed by atoms with Crippen molar-refractivity contribution in [1.82, 2.24) is 0 Å². The van der Waals surface area contributed by atoms with Gasteiger partial charge in [-0.15, -0.1) is 0 Å². The molecule has 0 N–H and O–H groups in total. The number of carbonyl (C=O) groups is 1. The molecule has 0 aliphatic heterocycles. The van der Waals surface area contributed by atoms with Crippen molar-refractivity contribution in [2.75, 3.05) is 6.61 Å². The summed E-state index contributed by atoms with van der Waals surface area (Å²) in [5.74, 6) is -0.826. The fourth-order valence-corrected chi connectivity index (χ4v) is 1.28. The van der Waals surface area contributed by atoms with Crippen molar-refractivity contribution in [2.45, 2.75) is 20.8 Å². The molecular formula is C12H15FO2. The number of hydrogen-bond donors (Lipinski definition) is 0. The normalized spacial score (nSPS) is 10.5. The van der Waals surface area contributed by atoms with Gasteiger partial charge in [0.05, 0.1) is 12.2 Å². The van der Waals surface area contributed by atoms with E-state index >= 15 is 0 Å². The van der Waals surface area contributed by atoms with E-state index < -0.39 is 5.82 Å². The van der Waals surface area contributed by atoms with Crippen LogP contribution in [0.3, 0.4) is 0 Å². The first-order valence-corrected chi connectivity index (χ1v) is 5.03. The van der Waals surface area contributed by atoms with Crippen LogP contribution in [-0.2, 0) is 0 Å². The third-order valence-corrected chi connectivity index (χ3v) is 2.05. The highest BCUT2D eigenvalue weighted by Gasteiger charge is 2.17. The SMILES string of the molecule is CCOc1cccc(C(=O)C(C)C)c1F. The highest BCUT2D eigenvalue weighted by molar-refractivity contribution is 5.98. The topological polar surface area (TPSA) is 26.3 Å². The second kappa shape index (κ2) is 4.91. The van der Waals surface area contributed by atoms with E-state index in [1.54, 1.807) is 26.8 Å². The van der Waals surface area contributed by atoms with Gasteiger partial charge in [0.25, 0.3) is 0 Å². The largest absolute Gasteiger partial charge is 0.491 e. The zero-order valence-corrected chi connectivity index (χ0v) is 9.21. The summed E-state index contributed by atoms with van der Waals surface area (Å²) >= 11 is 0. The number of rotatable bonds is 4. The van der Waals surface area contributed by atoms with Crippen molar-refractivity contribution < 1.29 is 13.9 Å². The Labute approximate surface area is 89.1 Å². The molecule has 15 heavy (non-hydrogen) atoms. The van der Waals surface area contributed by atoms with Crippen molar-refractivity contribution in [3.8, 4) is 5.75 Å². The number of Topliss-reactive ketones (excluding diaryl/α,β-unsaturated/α-hetero) is 1. The van der Waals surface area contributed by atoms with Gasteiger partial charge >= 0.3 is 0 Å². The van der Waals surface area contributed by atoms with Gasteiger partial charge in [-0.05, 0) is 19.1 Å². The summed E-state index contributed by atoms with van der Waals surface area (Å²) in [5, 5.41) is 0. The minimum absolute atomic E-state index is 0.107. The zero-order chi connectivity index (χ0) is 11.4. The molecule has 0 unspecified atom stereocenters. The summed E-state index contributed by atoms with van der Waals surface area (Å²) in [7, 11) is 0. The van der Waals surface area contributed by atoms with E-state index in [0.29, 0.717) is 6.61 Å². The molecule has 1 rings (SSSR count). The molecule has 0 saturated heterocycles. The van der Waals surface area contributed by atoms with Gasteiger partial charge in [-0.2, -0.15) is 0 Å². The number of ether oxygens (including phenoxy) is 1. The predicted molar refractivity (Wildman–Crippen MR) is 56.7 cm³/mol. The number of benzene rings is 1. The molecule has 0 radical (unpaired) electrons. The van der Waals surface area contributed by atoms with Crippen LogP contribution in [0.15, 0.2) is 18.2 Å². The molecule has 0 saturated carbocycles. The smallest absolute Gasteiger partial charge is 0.175 e. The second-order valence-electron chi connectivity index (χ2n) is 3.57. The fourth-order valence-electron chi connectivity index (χ4n) is 1.28. The highest BCUT2D eigenvalue weighted by atomic mass is 19.1. The average Bonchev–Trinajstić information content (AvgIpc) is 2.20. The molecule has 2 nitrogen and oxygen atoms in total. The van der Waals surface area contributed by atoms with E-state index in [-0.39, 0.29) is 23.0 Å². The van der Waals surface area contributed by atoms with Crippen molar-refractivity contribution in [3.05, 3.63) is 29.6 Å². The van der Waals surface area contributed by atoms with Crippen LogP contribution >= 0.6 is 0 Å². The van der Waals surface area contributed by atoms with Crippen molar-refractivity contribution in [2.24, 2.45) is 5.92 Å². The minimum atomic E-state index is -0.557. The lowest BCUT2D eigenvalue weighted by atomic mass is 10.0. The first kappa shape index (κ1) is 11.7. The number of carbonyl (C=O) groups excluding carboxylic acids is 1. The van der Waals surface area contributed by atoms with Crippen molar-refractivity contribution in [1.29, 1.82) is 0 Å². The summed E-state index contributed by atoms with van der Waals surface area (Å²) in [6.45, 7) is 5.65. The maximum absolute atomic E-state index is 13.7. The van der Waals surface area contributed by atoms with E-state index in [2.05, 4.69) is 0 Å². The molecule has 0 bridgehead atoms. The Morgan fingerprint density at radius 2 is 2.13 bits per heavy atom. The Morgan fingerprint density at radius 3 is 2.67 bits per heavy atom. The minimum Gasteiger partial charge on any atom is -0.491 e. The standard InChI is InChI=1S/C12H15FO2/c1-4-15-10-7-5-6-9(11(10)13)12(14)8(2)3/h5-8H,4H2,1-3H3. The van der Waals surface area contributed by atoms with E-state index in [1.165, 1.54) is 12.1 Å². The van der Waals surface area contributed by atoms with Gasteiger partial charge in [0.2, 0.25) is 0 Å². The number of halogens is 1. The van der Waals surface area contributed by atoms with Gasteiger partial charge in [0.1, 0.15) is 0 Å². The maximum Gasteiger partial charge on any atom is 0.175 e. The predicted octanol–water partition coefficient (Wildman–Crippen LogP) is 3.06. The summed E-state index contributed by atoms with van der Waals surface area (Å²) in [6.07, 6.45) is 0. The van der Waals surface area contributed by atoms with Crippen molar-refractivity contribution >= 4 is 5.78 Å². The van der Waals surface area contributed by atoms with E-state index in [0.717, 1.165) is 0 Å². The highest BCUT2D eigenvalue weighted by Crippen LogP contribution is 2.22. The first-order chi connectivity index (χ1) is 7.07. The molecule has 0 aromatic heterocycles. The Bertz CT molecular complexity index is 359. The van der Waals surface area contributed by atoms with Gasteiger partial charge in [-0.25, -0.2) is 4.39 Å². The summed E-state index contributed by atoms with van der Waals surface area (Å²) in [4.78, 5) is 11.6. The van der Waals surface area contributed by atoms with Gasteiger partial charge in [0, 0.05) is 5.92 Å². The fraction of sp³-hybridized carbons (Fsp3) is 0.417. The number of ketones is 1. The van der Waals surface area contributed by atoms with Gasteiger partial charge < -0.3 is 4.74 Å². The number of hydrogen-bond acceptors (Lipinski definition) is 2. The average molecular weight is 210 g/mol. The van der Waals surface area contributed by atoms with Gasteiger partial charge in [-0.1, -0.05) is 19.9 Å². The summed E-state index contributed by atoms with van der Waals surface area (Å²) in [5.41, 5.74) is 0.107. The first-order valence-electron chi connectivity index (χ1n) is 5.03. The Balaban J connectivity index is 3.09. The van der Waals surface area contributed by atoms with Crippen LogP contribution in [0.5, 0.6) is 5.75 Å². The Hall–Kier alpha value is -1.38. The van der Waals surface area contributed by atoms with Crippen LogP contribution in [0.1, 0.15) is 31.1 Å². The molecular weight excluding hydrogens is 195 g/mol. The second-order valence-corrected chi connectivity index (χ2v) is 3.57. The van der Waals surface area contributed by atoms with Crippen LogP contribution in [0.4, 0.5) is 4.39 Å². The monoisotopic (exact) mass is 210 g/mol. The lowest BCUT2D eigenvalue weighted by molar-refractivity contribution is 0.0934. The molecule has 0 heterocycles. The molecule has 0 aliphatic rings. The molecule has 0 aliphatic carbocycles. The zero-order valence-electron chi connectivity index (χ0n) is 9.21. The van der Waals surface area contributed by atoms with Gasteiger partial charge in [-0.3, -0.25) is 4.79 Å². The quantitative estimate of drug-likeness (QED) is 0.714. The maximum atomic E-state index is 13.7. The van der Waals surface area contributed by atoms with Crippen molar-refractivity contribution in [3.63, 3.8) is 0 Å².